The second-order valence-corrected chi connectivity index (χ2v) is 9.89. The number of hydrogen-bond acceptors (Lipinski definition) is 6. The number of para-hydroxylation sites is 1. The summed E-state index contributed by atoms with van der Waals surface area (Å²) in [6.07, 6.45) is 1.09. The molecule has 0 unspecified atom stereocenters. The highest BCUT2D eigenvalue weighted by atomic mass is 19.1. The van der Waals surface area contributed by atoms with Gasteiger partial charge in [0.15, 0.2) is 0 Å². The number of methoxy groups -OCH3 is 1. The largest absolute Gasteiger partial charge is 0.467 e. The minimum atomic E-state index is -1.12. The fraction of sp³-hybridized carbons (Fsp3) is 0.357. The first-order valence-electron chi connectivity index (χ1n) is 12.1. The fourth-order valence-electron chi connectivity index (χ4n) is 4.01. The molecule has 0 bridgehead atoms. The van der Waals surface area contributed by atoms with Gasteiger partial charge in [0.05, 0.1) is 12.6 Å². The number of fused-ring (bicyclic) bond motifs is 1. The molecular weight excluding hydrogens is 493 g/mol. The van der Waals surface area contributed by atoms with Crippen molar-refractivity contribution in [2.24, 2.45) is 0 Å². The zero-order valence-electron chi connectivity index (χ0n) is 22.0. The number of carbonyl (C=O) groups excluding carboxylic acids is 4. The van der Waals surface area contributed by atoms with Crippen LogP contribution in [0.1, 0.15) is 38.8 Å². The third kappa shape index (κ3) is 7.41. The Morgan fingerprint density at radius 1 is 0.947 bits per heavy atom. The van der Waals surface area contributed by atoms with Crippen LogP contribution in [-0.4, -0.2) is 53.2 Å². The van der Waals surface area contributed by atoms with E-state index in [4.69, 9.17) is 9.47 Å². The molecule has 2 N–H and O–H groups in total. The summed E-state index contributed by atoms with van der Waals surface area (Å²) in [5.74, 6) is -2.18. The normalized spacial score (nSPS) is 12.9. The minimum absolute atomic E-state index is 0.0120. The van der Waals surface area contributed by atoms with Crippen molar-refractivity contribution < 1.29 is 33.0 Å². The van der Waals surface area contributed by atoms with Crippen molar-refractivity contribution in [3.05, 3.63) is 71.7 Å². The van der Waals surface area contributed by atoms with Crippen LogP contribution in [0.4, 0.5) is 9.18 Å². The summed E-state index contributed by atoms with van der Waals surface area (Å²) in [7, 11) is 1.20. The van der Waals surface area contributed by atoms with Crippen LogP contribution in [-0.2, 0) is 36.7 Å². The van der Waals surface area contributed by atoms with E-state index in [9.17, 15) is 23.6 Å². The molecule has 2 amide bonds. The van der Waals surface area contributed by atoms with E-state index in [1.807, 2.05) is 0 Å². The molecule has 1 aromatic heterocycles. The second-order valence-electron chi connectivity index (χ2n) is 9.89. The molecule has 0 aliphatic rings. The highest BCUT2D eigenvalue weighted by Gasteiger charge is 2.29. The van der Waals surface area contributed by atoms with E-state index in [1.54, 1.807) is 51.2 Å². The number of aromatic nitrogens is 1. The number of benzene rings is 2. The third-order valence-electron chi connectivity index (χ3n) is 5.66. The van der Waals surface area contributed by atoms with E-state index in [1.165, 1.54) is 42.9 Å². The molecule has 1 heterocycles. The van der Waals surface area contributed by atoms with Crippen molar-refractivity contribution in [2.75, 3.05) is 7.11 Å². The molecular formula is C28H32FN3O6. The van der Waals surface area contributed by atoms with Crippen LogP contribution in [0.3, 0.4) is 0 Å². The fourth-order valence-corrected chi connectivity index (χ4v) is 4.01. The molecule has 0 fully saturated rings. The number of ether oxygens (including phenoxy) is 2. The summed E-state index contributed by atoms with van der Waals surface area (Å²) in [5, 5.41) is 5.94. The van der Waals surface area contributed by atoms with Gasteiger partial charge in [0.25, 0.3) is 0 Å². The number of nitrogens with zero attached hydrogens (tertiary/aromatic N) is 1. The van der Waals surface area contributed by atoms with E-state index in [-0.39, 0.29) is 12.8 Å². The maximum atomic E-state index is 13.3. The van der Waals surface area contributed by atoms with Crippen LogP contribution in [0.15, 0.2) is 54.7 Å². The quantitative estimate of drug-likeness (QED) is 0.435. The Morgan fingerprint density at radius 3 is 2.21 bits per heavy atom. The number of carbonyl (C=O) groups is 4. The highest BCUT2D eigenvalue weighted by molar-refractivity contribution is 5.94. The Bertz CT molecular complexity index is 1330. The van der Waals surface area contributed by atoms with E-state index in [2.05, 4.69) is 10.6 Å². The lowest BCUT2D eigenvalue weighted by atomic mass is 10.0. The van der Waals surface area contributed by atoms with E-state index in [0.29, 0.717) is 22.0 Å². The van der Waals surface area contributed by atoms with Gasteiger partial charge in [-0.05, 0) is 50.1 Å². The molecule has 9 nitrogen and oxygen atoms in total. The van der Waals surface area contributed by atoms with Crippen LogP contribution >= 0.6 is 0 Å². The zero-order chi connectivity index (χ0) is 28.0. The van der Waals surface area contributed by atoms with E-state index in [0.717, 1.165) is 0 Å². The molecule has 2 aromatic carbocycles. The molecule has 0 radical (unpaired) electrons. The van der Waals surface area contributed by atoms with Gasteiger partial charge in [-0.25, -0.2) is 14.0 Å². The van der Waals surface area contributed by atoms with Gasteiger partial charge in [0.1, 0.15) is 23.5 Å². The lowest BCUT2D eigenvalue weighted by Crippen LogP contribution is -2.53. The van der Waals surface area contributed by atoms with Gasteiger partial charge in [-0.2, -0.15) is 0 Å². The van der Waals surface area contributed by atoms with Gasteiger partial charge in [-0.15, -0.1) is 0 Å². The Hall–Kier alpha value is -4.21. The van der Waals surface area contributed by atoms with Gasteiger partial charge < -0.3 is 20.1 Å². The number of amides is 2. The lowest BCUT2D eigenvalue weighted by molar-refractivity contribution is -0.145. The zero-order valence-corrected chi connectivity index (χ0v) is 22.0. The van der Waals surface area contributed by atoms with Gasteiger partial charge >= 0.3 is 12.1 Å². The van der Waals surface area contributed by atoms with Crippen molar-refractivity contribution in [1.29, 1.82) is 0 Å². The maximum Gasteiger partial charge on any atom is 0.419 e. The minimum Gasteiger partial charge on any atom is -0.467 e. The number of nitrogens with one attached hydrogen (secondary N) is 2. The number of hydrogen-bond donors (Lipinski definition) is 2. The van der Waals surface area contributed by atoms with Gasteiger partial charge in [-0.3, -0.25) is 14.2 Å². The van der Waals surface area contributed by atoms with Crippen molar-refractivity contribution in [3.8, 4) is 0 Å². The Kier molecular flexibility index (Phi) is 8.88. The van der Waals surface area contributed by atoms with E-state index >= 15 is 0 Å². The van der Waals surface area contributed by atoms with Crippen molar-refractivity contribution in [1.82, 2.24) is 15.2 Å². The summed E-state index contributed by atoms with van der Waals surface area (Å²) in [5.41, 5.74) is 1.10. The molecule has 0 spiro atoms. The highest BCUT2D eigenvalue weighted by Crippen LogP contribution is 2.24. The smallest absolute Gasteiger partial charge is 0.419 e. The average molecular weight is 526 g/mol. The molecule has 2 atom stereocenters. The lowest BCUT2D eigenvalue weighted by Gasteiger charge is -2.22. The maximum absolute atomic E-state index is 13.3. The van der Waals surface area contributed by atoms with Gasteiger partial charge in [0, 0.05) is 31.3 Å². The molecule has 0 aliphatic heterocycles. The number of esters is 1. The first kappa shape index (κ1) is 28.4. The molecule has 3 rings (SSSR count). The Labute approximate surface area is 220 Å². The van der Waals surface area contributed by atoms with Crippen LogP contribution in [0.5, 0.6) is 0 Å². The molecule has 10 heteroatoms. The van der Waals surface area contributed by atoms with Crippen LogP contribution < -0.4 is 10.6 Å². The molecule has 0 aliphatic carbocycles. The van der Waals surface area contributed by atoms with Crippen molar-refractivity contribution in [3.63, 3.8) is 0 Å². The van der Waals surface area contributed by atoms with Crippen molar-refractivity contribution >= 4 is 34.8 Å². The number of rotatable bonds is 8. The molecule has 0 saturated carbocycles. The SMILES string of the molecule is COC(=O)[C@H](Cc1cn(C(=O)OC(C)(C)C)c2ccccc12)NC(=O)[C@@H](Cc1ccc(F)cc1)NC(C)=O. The van der Waals surface area contributed by atoms with Crippen LogP contribution in [0.2, 0.25) is 0 Å². The standard InChI is InChI=1S/C28H32FN3O6/c1-17(33)30-22(14-18-10-12-20(29)13-11-18)25(34)31-23(26(35)37-5)15-19-16-32(27(36)38-28(2,3)4)24-9-7-6-8-21(19)24/h6-13,16,22-23H,14-15H2,1-5H3,(H,30,33)(H,31,34)/t22-,23+/m1/s1. The second kappa shape index (κ2) is 11.9. The summed E-state index contributed by atoms with van der Waals surface area (Å²) in [4.78, 5) is 50.5. The molecule has 0 saturated heterocycles. The monoisotopic (exact) mass is 525 g/mol. The molecule has 38 heavy (non-hydrogen) atoms. The summed E-state index contributed by atoms with van der Waals surface area (Å²) in [6.45, 7) is 6.56. The Balaban J connectivity index is 1.88. The van der Waals surface area contributed by atoms with Gasteiger partial charge in [-0.1, -0.05) is 30.3 Å². The average Bonchev–Trinajstić information content (AvgIpc) is 3.21. The summed E-state index contributed by atoms with van der Waals surface area (Å²) >= 11 is 0. The first-order valence-corrected chi connectivity index (χ1v) is 12.1. The predicted molar refractivity (Wildman–Crippen MR) is 139 cm³/mol. The van der Waals surface area contributed by atoms with Crippen molar-refractivity contribution in [2.45, 2.75) is 58.2 Å². The third-order valence-corrected chi connectivity index (χ3v) is 5.66. The van der Waals surface area contributed by atoms with Gasteiger partial charge in [0.2, 0.25) is 11.8 Å². The van der Waals surface area contributed by atoms with E-state index < -0.39 is 47.4 Å². The summed E-state index contributed by atoms with van der Waals surface area (Å²) in [6, 6.07) is 10.5. The number of halogens is 1. The first-order chi connectivity index (χ1) is 17.9. The molecule has 202 valence electrons. The molecule has 3 aromatic rings. The summed E-state index contributed by atoms with van der Waals surface area (Å²) < 4.78 is 25.1. The predicted octanol–water partition coefficient (Wildman–Crippen LogP) is 3.51. The van der Waals surface area contributed by atoms with Crippen LogP contribution in [0, 0.1) is 5.82 Å². The Morgan fingerprint density at radius 2 is 1.61 bits per heavy atom. The van der Waals surface area contributed by atoms with Crippen LogP contribution in [0.25, 0.3) is 10.9 Å². The topological polar surface area (TPSA) is 116 Å².